The highest BCUT2D eigenvalue weighted by Gasteiger charge is 2.20. The molecular formula is C21H20Cl2N2O2S. The predicted molar refractivity (Wildman–Crippen MR) is 115 cm³/mol. The summed E-state index contributed by atoms with van der Waals surface area (Å²) in [6.07, 6.45) is 0. The summed E-state index contributed by atoms with van der Waals surface area (Å²) < 4.78 is 26.9. The molecule has 0 aliphatic heterocycles. The average Bonchev–Trinajstić information content (AvgIpc) is 2.68. The van der Waals surface area contributed by atoms with Crippen molar-refractivity contribution >= 4 is 38.9 Å². The number of halogens is 2. The smallest absolute Gasteiger partial charge is 0.243 e. The van der Waals surface area contributed by atoms with Gasteiger partial charge in [0.1, 0.15) is 0 Å². The van der Waals surface area contributed by atoms with Crippen LogP contribution in [0, 0.1) is 0 Å². The lowest BCUT2D eigenvalue weighted by Crippen LogP contribution is -2.26. The molecule has 4 nitrogen and oxygen atoms in total. The maximum atomic E-state index is 12.8. The van der Waals surface area contributed by atoms with E-state index in [0.717, 1.165) is 16.8 Å². The van der Waals surface area contributed by atoms with Crippen molar-refractivity contribution in [1.29, 1.82) is 0 Å². The van der Waals surface area contributed by atoms with Gasteiger partial charge >= 0.3 is 0 Å². The van der Waals surface area contributed by atoms with Gasteiger partial charge in [0, 0.05) is 35.9 Å². The summed E-state index contributed by atoms with van der Waals surface area (Å²) in [7, 11) is -1.98. The molecule has 3 aromatic carbocycles. The summed E-state index contributed by atoms with van der Waals surface area (Å²) in [5.41, 5.74) is 2.65. The molecule has 3 rings (SSSR count). The Bertz CT molecular complexity index is 1040. The van der Waals surface area contributed by atoms with Crippen LogP contribution < -0.4 is 5.32 Å². The lowest BCUT2D eigenvalue weighted by atomic mass is 10.2. The Hall–Kier alpha value is -2.05. The molecule has 0 amide bonds. The van der Waals surface area contributed by atoms with Gasteiger partial charge in [-0.1, -0.05) is 59.6 Å². The summed E-state index contributed by atoms with van der Waals surface area (Å²) in [5, 5.41) is 4.40. The van der Waals surface area contributed by atoms with Gasteiger partial charge in [-0.05, 0) is 47.5 Å². The quantitative estimate of drug-likeness (QED) is 0.539. The fourth-order valence-corrected chi connectivity index (χ4v) is 4.35. The molecular weight excluding hydrogens is 415 g/mol. The molecule has 0 bridgehead atoms. The van der Waals surface area contributed by atoms with Crippen molar-refractivity contribution in [3.05, 3.63) is 94.0 Å². The van der Waals surface area contributed by atoms with Crippen LogP contribution in [0.2, 0.25) is 10.0 Å². The minimum absolute atomic E-state index is 0.251. The Morgan fingerprint density at radius 2 is 1.61 bits per heavy atom. The molecule has 0 saturated heterocycles. The Morgan fingerprint density at radius 3 is 2.25 bits per heavy atom. The van der Waals surface area contributed by atoms with Crippen molar-refractivity contribution < 1.29 is 8.42 Å². The van der Waals surface area contributed by atoms with E-state index in [0.29, 0.717) is 23.1 Å². The topological polar surface area (TPSA) is 49.4 Å². The van der Waals surface area contributed by atoms with Crippen molar-refractivity contribution in [2.24, 2.45) is 0 Å². The molecule has 7 heteroatoms. The molecule has 0 aromatic heterocycles. The highest BCUT2D eigenvalue weighted by Crippen LogP contribution is 2.23. The van der Waals surface area contributed by atoms with E-state index in [1.54, 1.807) is 43.4 Å². The molecule has 0 aliphatic rings. The number of hydrogen-bond acceptors (Lipinski definition) is 3. The van der Waals surface area contributed by atoms with Crippen molar-refractivity contribution in [2.75, 3.05) is 12.4 Å². The number of nitrogens with one attached hydrogen (secondary N) is 1. The fourth-order valence-electron chi connectivity index (χ4n) is 2.71. The first kappa shape index (κ1) is 20.7. The molecule has 0 aliphatic carbocycles. The number of nitrogens with zero attached hydrogens (tertiary/aromatic N) is 1. The van der Waals surface area contributed by atoms with Crippen LogP contribution in [0.25, 0.3) is 0 Å². The fraction of sp³-hybridized carbons (Fsp3) is 0.143. The molecule has 0 unspecified atom stereocenters. The molecule has 146 valence electrons. The summed E-state index contributed by atoms with van der Waals surface area (Å²) >= 11 is 12.1. The zero-order valence-corrected chi connectivity index (χ0v) is 17.6. The van der Waals surface area contributed by atoms with Crippen LogP contribution >= 0.6 is 23.2 Å². The van der Waals surface area contributed by atoms with Crippen LogP contribution in [0.15, 0.2) is 77.7 Å². The van der Waals surface area contributed by atoms with Crippen LogP contribution in [0.1, 0.15) is 11.1 Å². The third-order valence-electron chi connectivity index (χ3n) is 4.31. The first-order valence-corrected chi connectivity index (χ1v) is 10.8. The maximum absolute atomic E-state index is 12.8. The molecule has 0 radical (unpaired) electrons. The second-order valence-corrected chi connectivity index (χ2v) is 9.25. The lowest BCUT2D eigenvalue weighted by molar-refractivity contribution is 0.467. The molecule has 1 N–H and O–H groups in total. The van der Waals surface area contributed by atoms with Gasteiger partial charge in [-0.2, -0.15) is 4.31 Å². The van der Waals surface area contributed by atoms with Crippen LogP contribution in [-0.4, -0.2) is 19.8 Å². The summed E-state index contributed by atoms with van der Waals surface area (Å²) in [6.45, 7) is 0.828. The van der Waals surface area contributed by atoms with E-state index in [4.69, 9.17) is 23.2 Å². The largest absolute Gasteiger partial charge is 0.381 e. The van der Waals surface area contributed by atoms with Crippen LogP contribution in [0.3, 0.4) is 0 Å². The van der Waals surface area contributed by atoms with Crippen LogP contribution in [-0.2, 0) is 23.1 Å². The molecule has 0 heterocycles. The molecule has 0 fully saturated rings. The van der Waals surface area contributed by atoms with Gasteiger partial charge in [0.15, 0.2) is 0 Å². The molecule has 0 atom stereocenters. The minimum atomic E-state index is -3.56. The SMILES string of the molecule is CN(Cc1ccccc1)S(=O)(=O)c1ccc(NCc2ccc(Cl)cc2Cl)cc1. The first-order chi connectivity index (χ1) is 13.4. The van der Waals surface area contributed by atoms with E-state index in [-0.39, 0.29) is 4.90 Å². The van der Waals surface area contributed by atoms with E-state index < -0.39 is 10.0 Å². The normalized spacial score (nSPS) is 11.6. The summed E-state index contributed by atoms with van der Waals surface area (Å²) in [4.78, 5) is 0.251. The Labute approximate surface area is 175 Å². The van der Waals surface area contributed by atoms with Gasteiger partial charge in [-0.15, -0.1) is 0 Å². The van der Waals surface area contributed by atoms with Gasteiger partial charge < -0.3 is 5.32 Å². The molecule has 0 saturated carbocycles. The van der Waals surface area contributed by atoms with E-state index in [1.165, 1.54) is 4.31 Å². The molecule has 3 aromatic rings. The maximum Gasteiger partial charge on any atom is 0.243 e. The minimum Gasteiger partial charge on any atom is -0.381 e. The third kappa shape index (κ3) is 5.06. The van der Waals surface area contributed by atoms with Crippen molar-refractivity contribution in [3.63, 3.8) is 0 Å². The number of sulfonamides is 1. The van der Waals surface area contributed by atoms with E-state index in [2.05, 4.69) is 5.32 Å². The van der Waals surface area contributed by atoms with Gasteiger partial charge in [0.05, 0.1) is 4.90 Å². The van der Waals surface area contributed by atoms with Gasteiger partial charge in [-0.25, -0.2) is 8.42 Å². The van der Waals surface area contributed by atoms with Crippen molar-refractivity contribution in [1.82, 2.24) is 4.31 Å². The van der Waals surface area contributed by atoms with Crippen LogP contribution in [0.4, 0.5) is 5.69 Å². The second kappa shape index (κ2) is 8.97. The van der Waals surface area contributed by atoms with E-state index in [9.17, 15) is 8.42 Å². The van der Waals surface area contributed by atoms with Crippen molar-refractivity contribution in [3.8, 4) is 0 Å². The number of benzene rings is 3. The summed E-state index contributed by atoms with van der Waals surface area (Å²) in [6, 6.07) is 21.5. The monoisotopic (exact) mass is 434 g/mol. The Morgan fingerprint density at radius 1 is 0.929 bits per heavy atom. The Kier molecular flexibility index (Phi) is 6.62. The van der Waals surface area contributed by atoms with Gasteiger partial charge in [0.25, 0.3) is 0 Å². The summed E-state index contributed by atoms with van der Waals surface area (Å²) in [5.74, 6) is 0. The highest BCUT2D eigenvalue weighted by molar-refractivity contribution is 7.89. The van der Waals surface area contributed by atoms with Gasteiger partial charge in [0.2, 0.25) is 10.0 Å². The zero-order valence-electron chi connectivity index (χ0n) is 15.3. The molecule has 28 heavy (non-hydrogen) atoms. The standard InChI is InChI=1S/C21H20Cl2N2O2S/c1-25(15-16-5-3-2-4-6-16)28(26,27)20-11-9-19(10-12-20)24-14-17-7-8-18(22)13-21(17)23/h2-13,24H,14-15H2,1H3. The zero-order chi connectivity index (χ0) is 20.1. The van der Waals surface area contributed by atoms with E-state index >= 15 is 0 Å². The number of rotatable bonds is 7. The predicted octanol–water partition coefficient (Wildman–Crippen LogP) is 5.43. The molecule has 0 spiro atoms. The number of hydrogen-bond donors (Lipinski definition) is 1. The van der Waals surface area contributed by atoms with Crippen LogP contribution in [0.5, 0.6) is 0 Å². The lowest BCUT2D eigenvalue weighted by Gasteiger charge is -2.17. The van der Waals surface area contributed by atoms with Crippen molar-refractivity contribution in [2.45, 2.75) is 18.0 Å². The average molecular weight is 435 g/mol. The highest BCUT2D eigenvalue weighted by atomic mass is 35.5. The Balaban J connectivity index is 1.67. The number of anilines is 1. The second-order valence-electron chi connectivity index (χ2n) is 6.36. The van der Waals surface area contributed by atoms with E-state index in [1.807, 2.05) is 36.4 Å². The third-order valence-corrected chi connectivity index (χ3v) is 6.71. The van der Waals surface area contributed by atoms with Gasteiger partial charge in [-0.3, -0.25) is 0 Å². The first-order valence-electron chi connectivity index (χ1n) is 8.64.